The first kappa shape index (κ1) is 109. The van der Waals surface area contributed by atoms with Crippen LogP contribution < -0.4 is 56.8 Å². The Hall–Kier alpha value is -5.16. The Morgan fingerprint density at radius 2 is 0.571 bits per heavy atom. The molecule has 0 radical (unpaired) electrons. The molecule has 0 spiro atoms. The van der Waals surface area contributed by atoms with Crippen molar-refractivity contribution < 1.29 is 116 Å². The third-order valence-corrected chi connectivity index (χ3v) is 19.4. The number of carbonyl (C=O) groups excluding carboxylic acids is 3. The fourth-order valence-corrected chi connectivity index (χ4v) is 11.6. The van der Waals surface area contributed by atoms with Crippen LogP contribution in [0.2, 0.25) is 0 Å². The average molecular weight is 2220 g/mol. The van der Waals surface area contributed by atoms with Gasteiger partial charge in [0.1, 0.15) is 51.2 Å². The van der Waals surface area contributed by atoms with Gasteiger partial charge in [-0.25, -0.2) is 18.6 Å². The number of aromatic carboxylic acids is 3. The van der Waals surface area contributed by atoms with Crippen LogP contribution in [0.25, 0.3) is 0 Å². The molecular formula is C74H79Br7Cl7FeO22S. The molecular weight excluding hydrogens is 2140 g/mol. The van der Waals surface area contributed by atoms with E-state index < -0.39 is 48.8 Å². The number of carbonyl (C=O) groups is 6. The van der Waals surface area contributed by atoms with E-state index in [0.717, 1.165) is 50.2 Å². The van der Waals surface area contributed by atoms with Crippen LogP contribution in [-0.4, -0.2) is 139 Å². The van der Waals surface area contributed by atoms with E-state index >= 15 is 0 Å². The van der Waals surface area contributed by atoms with Gasteiger partial charge in [-0.15, -0.1) is 0 Å². The second-order valence-electron chi connectivity index (χ2n) is 21.1. The number of hydrogen-bond donors (Lipinski definition) is 3. The molecule has 0 fully saturated rings. The van der Waals surface area contributed by atoms with Crippen LogP contribution in [0.5, 0.6) is 69.0 Å². The molecule has 0 heterocycles. The molecule has 0 aliphatic rings. The summed E-state index contributed by atoms with van der Waals surface area (Å²) in [5.74, 6) is 2.81. The molecule has 619 valence electrons. The van der Waals surface area contributed by atoms with Crippen LogP contribution in [0.15, 0.2) is 119 Å². The zero-order valence-corrected chi connectivity index (χ0v) is 81.7. The quantitative estimate of drug-likeness (QED) is 0.0385. The van der Waals surface area contributed by atoms with E-state index in [4.69, 9.17) is 130 Å². The summed E-state index contributed by atoms with van der Waals surface area (Å²) in [5.41, 5.74) is 8.60. The Bertz CT molecular complexity index is 4200. The molecule has 0 amide bonds. The summed E-state index contributed by atoms with van der Waals surface area (Å²) in [5, 5.41) is 25.6. The van der Waals surface area contributed by atoms with E-state index in [9.17, 15) is 28.8 Å². The van der Waals surface area contributed by atoms with Crippen LogP contribution >= 0.6 is 183 Å². The zero-order valence-electron chi connectivity index (χ0n) is 63.4. The number of hydrogen-bond acceptors (Lipinski definition) is 19. The molecule has 0 saturated carbocycles. The van der Waals surface area contributed by atoms with Gasteiger partial charge < -0.3 is 72.2 Å². The van der Waals surface area contributed by atoms with Crippen molar-refractivity contribution in [2.45, 2.75) is 55.4 Å². The number of carboxylic acid groups (broad SMARTS) is 3. The van der Waals surface area contributed by atoms with Gasteiger partial charge in [0.05, 0.1) is 108 Å². The first-order chi connectivity index (χ1) is 52.6. The SMILES string of the molecule is BrBr.COc1cc(C)c(C(=O)c2c(OC)ccc(Br)c2C)c(OC)c1OC.COc1cc(C)cc(OC)c1OC.COc1ccc(Br)c(C)c1C(=O)Cl.COc1ccc(Br)c(C)c1C(=O)Cl.COc1ccc(Br)c(C)c1C(=O)O.COc1ccc(Br)c(C)c1C(=O)O.COc1cccc(C)c1C(=O)O.O=S(Cl)Cl.[Cl][Fe]([Cl])[Cl]. The standard InChI is InChI=1S/C19H21BrO5.C10H14O3.2C9H8BrClO2.2C9H9BrO3.C9H10O3.Br2.Cl2OS.3ClH.Fe/c1-10-9-14(23-4)18(24-5)19(25-6)15(10)17(21)16-11(2)12(20)7-8-13(16)22-3;1-7-5-8(11-2)10(13-4)9(6-7)12-3;4*1-5-6(10)3-4-7(13-2)8(5)9(11)12;1-6-4-3-5-7(12-2)8(6)9(10)11;1-2;1-4(2)3;;;;/h7-9H,1-6H3;5-6H,1-4H3;2*3-4H,1-2H3;2*3-4H,1-2H3,(H,11,12);3-5H,1-2H3,(H,10,11);;;3*1H;/q;;;;;;;;;;;;+3/p-3. The van der Waals surface area contributed by atoms with Crippen molar-refractivity contribution in [1.29, 1.82) is 0 Å². The van der Waals surface area contributed by atoms with E-state index in [1.807, 2.05) is 65.0 Å². The van der Waals surface area contributed by atoms with Crippen molar-refractivity contribution in [3.63, 3.8) is 0 Å². The van der Waals surface area contributed by atoms with E-state index in [-0.39, 0.29) is 22.5 Å². The summed E-state index contributed by atoms with van der Waals surface area (Å²) in [6, 6.07) is 28.1. The summed E-state index contributed by atoms with van der Waals surface area (Å²) in [6.07, 6.45) is 0. The molecule has 0 aromatic heterocycles. The van der Waals surface area contributed by atoms with E-state index in [2.05, 4.69) is 129 Å². The molecule has 112 heavy (non-hydrogen) atoms. The summed E-state index contributed by atoms with van der Waals surface area (Å²) in [4.78, 5) is 67.9. The monoisotopic (exact) mass is 2200 g/mol. The van der Waals surface area contributed by atoms with Gasteiger partial charge in [0, 0.05) is 72.0 Å². The number of ether oxygens (including phenoxy) is 12. The first-order valence-electron chi connectivity index (χ1n) is 30.6. The Morgan fingerprint density at radius 3 is 0.821 bits per heavy atom. The molecule has 0 atom stereocenters. The van der Waals surface area contributed by atoms with Gasteiger partial charge >= 0.3 is 59.4 Å². The molecule has 3 N–H and O–H groups in total. The number of halogens is 14. The van der Waals surface area contributed by atoms with Gasteiger partial charge in [-0.1, -0.05) is 91.8 Å². The molecule has 0 aliphatic carbocycles. The van der Waals surface area contributed by atoms with E-state index in [0.29, 0.717) is 108 Å². The van der Waals surface area contributed by atoms with Gasteiger partial charge in [-0.3, -0.25) is 14.4 Å². The van der Waals surface area contributed by atoms with Crippen LogP contribution in [0.3, 0.4) is 0 Å². The number of ketones is 1. The molecule has 8 rings (SSSR count). The Morgan fingerprint density at radius 1 is 0.330 bits per heavy atom. The molecule has 38 heteroatoms. The van der Waals surface area contributed by atoms with Gasteiger partial charge in [-0.2, -0.15) is 0 Å². The fraction of sp³-hybridized carbons (Fsp3) is 0.270. The third-order valence-electron chi connectivity index (χ3n) is 14.7. The predicted molar refractivity (Wildman–Crippen MR) is 466 cm³/mol. The van der Waals surface area contributed by atoms with Gasteiger partial charge in [-0.05, 0) is 208 Å². The predicted octanol–water partition coefficient (Wildman–Crippen LogP) is 24.1. The molecule has 0 unspecified atom stereocenters. The Labute approximate surface area is 747 Å². The van der Waals surface area contributed by atoms with E-state index in [1.165, 1.54) is 56.9 Å². The minimum absolute atomic E-state index is 0.203. The number of methoxy groups -OCH3 is 12. The maximum atomic E-state index is 13.4. The number of carboxylic acids is 3. The number of rotatable bonds is 19. The third kappa shape index (κ3) is 34.2. The molecule has 0 aliphatic heterocycles. The molecule has 8 aromatic carbocycles. The Kier molecular flexibility index (Phi) is 55.4. The van der Waals surface area contributed by atoms with Gasteiger partial charge in [0.25, 0.3) is 10.5 Å². The molecule has 0 bridgehead atoms. The summed E-state index contributed by atoms with van der Waals surface area (Å²) >= 11 is 31.6. The normalized spacial score (nSPS) is 9.76. The maximum absolute atomic E-state index is 13.4. The first-order valence-corrected chi connectivity index (χ1v) is 46.4. The van der Waals surface area contributed by atoms with Crippen molar-refractivity contribution >= 4 is 226 Å². The van der Waals surface area contributed by atoms with E-state index in [1.54, 1.807) is 116 Å². The minimum atomic E-state index is -1.67. The van der Waals surface area contributed by atoms with Crippen LogP contribution in [0, 0.1) is 55.4 Å². The van der Waals surface area contributed by atoms with Crippen molar-refractivity contribution in [3.05, 3.63) is 203 Å². The second-order valence-corrected chi connectivity index (χ2v) is 34.0. The molecule has 22 nitrogen and oxygen atoms in total. The fourth-order valence-electron chi connectivity index (χ4n) is 9.44. The molecule has 0 saturated heterocycles. The topological polar surface area (TPSA) is 291 Å². The van der Waals surface area contributed by atoms with Crippen molar-refractivity contribution in [1.82, 2.24) is 0 Å². The Balaban J connectivity index is 0. The summed E-state index contributed by atoms with van der Waals surface area (Å²) in [7, 11) is 40.3. The van der Waals surface area contributed by atoms with Gasteiger partial charge in [0.2, 0.25) is 26.5 Å². The average Bonchev–Trinajstić information content (AvgIpc) is 0.766. The van der Waals surface area contributed by atoms with Crippen molar-refractivity contribution in [2.75, 3.05) is 85.3 Å². The van der Waals surface area contributed by atoms with Crippen molar-refractivity contribution in [3.8, 4) is 69.0 Å². The molecule has 8 aromatic rings. The van der Waals surface area contributed by atoms with Crippen LogP contribution in [0.4, 0.5) is 0 Å². The van der Waals surface area contributed by atoms with Crippen molar-refractivity contribution in [2.24, 2.45) is 0 Å². The van der Waals surface area contributed by atoms with Crippen LogP contribution in [0.1, 0.15) is 112 Å². The van der Waals surface area contributed by atoms with Crippen LogP contribution in [-0.2, 0) is 20.4 Å². The van der Waals surface area contributed by atoms with Gasteiger partial charge in [0.15, 0.2) is 23.0 Å². The zero-order chi connectivity index (χ0) is 86.9. The number of benzene rings is 8. The number of aryl methyl sites for hydroxylation is 3. The summed E-state index contributed by atoms with van der Waals surface area (Å²) < 4.78 is 75.1. The second kappa shape index (κ2) is 57.0. The summed E-state index contributed by atoms with van der Waals surface area (Å²) in [6.45, 7) is 14.5.